The van der Waals surface area contributed by atoms with Crippen molar-refractivity contribution in [2.45, 2.75) is 18.9 Å². The summed E-state index contributed by atoms with van der Waals surface area (Å²) in [5.74, 6) is -1.52. The van der Waals surface area contributed by atoms with Gasteiger partial charge in [-0.15, -0.1) is 0 Å². The summed E-state index contributed by atoms with van der Waals surface area (Å²) in [5, 5.41) is 2.66. The highest BCUT2D eigenvalue weighted by molar-refractivity contribution is 6.31. The molecule has 5 nitrogen and oxygen atoms in total. The van der Waals surface area contributed by atoms with Crippen molar-refractivity contribution in [1.82, 2.24) is 0 Å². The average Bonchev–Trinajstić information content (AvgIpc) is 2.82. The lowest BCUT2D eigenvalue weighted by Crippen LogP contribution is -2.47. The standard InChI is InChI=1S/C25H21ClF2N2O3/c1-33-19-9-7-18(8-10-19)30-23(31)13-11-20(24(30)15-2-4-16(27)5-3-15)25(32)29-17-6-12-22(28)21(26)14-17/h2-10,12,14,20,24H,11,13H2,1H3,(H,29,32)/t20-,24+/m0/s1. The highest BCUT2D eigenvalue weighted by atomic mass is 35.5. The third-order valence-electron chi connectivity index (χ3n) is 5.68. The molecule has 0 aromatic heterocycles. The molecule has 2 atom stereocenters. The van der Waals surface area contributed by atoms with Crippen molar-refractivity contribution >= 4 is 34.8 Å². The Morgan fingerprint density at radius 3 is 2.39 bits per heavy atom. The number of anilines is 2. The van der Waals surface area contributed by atoms with Crippen LogP contribution < -0.4 is 15.0 Å². The Hall–Kier alpha value is -3.45. The summed E-state index contributed by atoms with van der Waals surface area (Å²) in [5.41, 5.74) is 1.56. The van der Waals surface area contributed by atoms with E-state index < -0.39 is 23.6 Å². The minimum absolute atomic E-state index is 0.110. The van der Waals surface area contributed by atoms with Crippen molar-refractivity contribution in [3.63, 3.8) is 0 Å². The maximum atomic E-state index is 13.6. The minimum atomic E-state index is -0.670. The van der Waals surface area contributed by atoms with Gasteiger partial charge in [-0.05, 0) is 66.6 Å². The van der Waals surface area contributed by atoms with Gasteiger partial charge in [0.1, 0.15) is 17.4 Å². The van der Waals surface area contributed by atoms with E-state index in [-0.39, 0.29) is 23.3 Å². The van der Waals surface area contributed by atoms with Gasteiger partial charge in [0.25, 0.3) is 0 Å². The van der Waals surface area contributed by atoms with E-state index in [1.165, 1.54) is 30.3 Å². The molecule has 1 N–H and O–H groups in total. The fraction of sp³-hybridized carbons (Fsp3) is 0.200. The normalized spacial score (nSPS) is 18.2. The van der Waals surface area contributed by atoms with Gasteiger partial charge >= 0.3 is 0 Å². The maximum absolute atomic E-state index is 13.6. The van der Waals surface area contributed by atoms with E-state index in [9.17, 15) is 18.4 Å². The number of methoxy groups -OCH3 is 1. The van der Waals surface area contributed by atoms with Crippen molar-refractivity contribution < 1.29 is 23.1 Å². The number of hydrogen-bond acceptors (Lipinski definition) is 3. The van der Waals surface area contributed by atoms with Crippen molar-refractivity contribution in [3.05, 3.63) is 89.0 Å². The Balaban J connectivity index is 1.72. The first-order valence-electron chi connectivity index (χ1n) is 10.3. The molecule has 2 amide bonds. The Bertz CT molecular complexity index is 1170. The Kier molecular flexibility index (Phi) is 6.60. The molecule has 33 heavy (non-hydrogen) atoms. The number of carbonyl (C=O) groups excluding carboxylic acids is 2. The largest absolute Gasteiger partial charge is 0.497 e. The van der Waals surface area contributed by atoms with E-state index in [1.807, 2.05) is 0 Å². The molecular formula is C25H21ClF2N2O3. The van der Waals surface area contributed by atoms with Gasteiger partial charge in [-0.1, -0.05) is 23.7 Å². The lowest BCUT2D eigenvalue weighted by molar-refractivity contribution is -0.125. The molecule has 1 aliphatic rings. The van der Waals surface area contributed by atoms with Crippen LogP contribution in [0.15, 0.2) is 66.7 Å². The van der Waals surface area contributed by atoms with Gasteiger partial charge in [-0.25, -0.2) is 8.78 Å². The summed E-state index contributed by atoms with van der Waals surface area (Å²) < 4.78 is 32.4. The molecule has 8 heteroatoms. The number of amides is 2. The van der Waals surface area contributed by atoms with Crippen LogP contribution in [0, 0.1) is 17.6 Å². The summed E-state index contributed by atoms with van der Waals surface area (Å²) >= 11 is 5.84. The Morgan fingerprint density at radius 1 is 1.06 bits per heavy atom. The van der Waals surface area contributed by atoms with Crippen LogP contribution in [0.2, 0.25) is 5.02 Å². The SMILES string of the molecule is COc1ccc(N2C(=O)CC[C@H](C(=O)Nc3ccc(F)c(Cl)c3)[C@H]2c2ccc(F)cc2)cc1. The van der Waals surface area contributed by atoms with Gasteiger partial charge < -0.3 is 15.0 Å². The first-order chi connectivity index (χ1) is 15.9. The predicted octanol–water partition coefficient (Wildman–Crippen LogP) is 5.75. The molecular weight excluding hydrogens is 450 g/mol. The molecule has 4 rings (SSSR count). The fourth-order valence-corrected chi connectivity index (χ4v) is 4.24. The van der Waals surface area contributed by atoms with Gasteiger partial charge in [-0.2, -0.15) is 0 Å². The fourth-order valence-electron chi connectivity index (χ4n) is 4.06. The molecule has 0 saturated carbocycles. The molecule has 170 valence electrons. The third-order valence-corrected chi connectivity index (χ3v) is 5.97. The lowest BCUT2D eigenvalue weighted by Gasteiger charge is -2.41. The molecule has 1 aliphatic heterocycles. The highest BCUT2D eigenvalue weighted by Gasteiger charge is 2.41. The van der Waals surface area contributed by atoms with Gasteiger partial charge in [0.15, 0.2) is 0 Å². The molecule has 0 radical (unpaired) electrons. The smallest absolute Gasteiger partial charge is 0.229 e. The van der Waals surface area contributed by atoms with Crippen LogP contribution in [0.25, 0.3) is 0 Å². The summed E-state index contributed by atoms with van der Waals surface area (Å²) in [4.78, 5) is 27.9. The van der Waals surface area contributed by atoms with Crippen LogP contribution in [0.3, 0.4) is 0 Å². The summed E-state index contributed by atoms with van der Waals surface area (Å²) in [7, 11) is 1.55. The van der Waals surface area contributed by atoms with Gasteiger partial charge in [-0.3, -0.25) is 9.59 Å². The number of piperidine rings is 1. The van der Waals surface area contributed by atoms with Crippen LogP contribution in [0.4, 0.5) is 20.2 Å². The average molecular weight is 471 g/mol. The second kappa shape index (κ2) is 9.58. The number of halogens is 3. The van der Waals surface area contributed by atoms with E-state index in [0.29, 0.717) is 29.1 Å². The number of nitrogens with one attached hydrogen (secondary N) is 1. The van der Waals surface area contributed by atoms with Gasteiger partial charge in [0, 0.05) is 17.8 Å². The third kappa shape index (κ3) is 4.83. The minimum Gasteiger partial charge on any atom is -0.497 e. The topological polar surface area (TPSA) is 58.6 Å². The van der Waals surface area contributed by atoms with E-state index in [1.54, 1.807) is 48.4 Å². The van der Waals surface area contributed by atoms with Crippen molar-refractivity contribution in [1.29, 1.82) is 0 Å². The zero-order valence-electron chi connectivity index (χ0n) is 17.7. The van der Waals surface area contributed by atoms with Gasteiger partial charge in [0.2, 0.25) is 11.8 Å². The molecule has 3 aromatic carbocycles. The Labute approximate surface area is 194 Å². The molecule has 0 aliphatic carbocycles. The van der Waals surface area contributed by atoms with E-state index in [4.69, 9.17) is 16.3 Å². The number of nitrogens with zero attached hydrogens (tertiary/aromatic N) is 1. The van der Waals surface area contributed by atoms with Crippen LogP contribution in [0.5, 0.6) is 5.75 Å². The summed E-state index contributed by atoms with van der Waals surface area (Å²) in [6, 6.07) is 15.9. The second-order valence-electron chi connectivity index (χ2n) is 7.72. The highest BCUT2D eigenvalue weighted by Crippen LogP contribution is 2.41. The van der Waals surface area contributed by atoms with Gasteiger partial charge in [0.05, 0.1) is 24.1 Å². The summed E-state index contributed by atoms with van der Waals surface area (Å²) in [6.45, 7) is 0. The zero-order chi connectivity index (χ0) is 23.5. The second-order valence-corrected chi connectivity index (χ2v) is 8.13. The van der Waals surface area contributed by atoms with Crippen LogP contribution in [-0.2, 0) is 9.59 Å². The van der Waals surface area contributed by atoms with E-state index in [2.05, 4.69) is 5.32 Å². The summed E-state index contributed by atoms with van der Waals surface area (Å²) in [6.07, 6.45) is 0.459. The quantitative estimate of drug-likeness (QED) is 0.516. The molecule has 1 heterocycles. The molecule has 3 aromatic rings. The number of benzene rings is 3. The van der Waals surface area contributed by atoms with Crippen molar-refractivity contribution in [2.24, 2.45) is 5.92 Å². The molecule has 0 spiro atoms. The number of ether oxygens (including phenoxy) is 1. The Morgan fingerprint density at radius 2 is 1.76 bits per heavy atom. The molecule has 0 bridgehead atoms. The zero-order valence-corrected chi connectivity index (χ0v) is 18.5. The number of carbonyl (C=O) groups is 2. The van der Waals surface area contributed by atoms with Crippen molar-refractivity contribution in [3.8, 4) is 5.75 Å². The first kappa shape index (κ1) is 22.7. The van der Waals surface area contributed by atoms with Crippen molar-refractivity contribution in [2.75, 3.05) is 17.3 Å². The predicted molar refractivity (Wildman–Crippen MR) is 122 cm³/mol. The molecule has 1 fully saturated rings. The number of rotatable bonds is 5. The lowest BCUT2D eigenvalue weighted by atomic mass is 9.83. The molecule has 1 saturated heterocycles. The molecule has 0 unspecified atom stereocenters. The number of hydrogen-bond donors (Lipinski definition) is 1. The van der Waals surface area contributed by atoms with Crippen LogP contribution in [0.1, 0.15) is 24.4 Å². The first-order valence-corrected chi connectivity index (χ1v) is 10.7. The van der Waals surface area contributed by atoms with E-state index >= 15 is 0 Å². The van der Waals surface area contributed by atoms with E-state index in [0.717, 1.165) is 0 Å². The monoisotopic (exact) mass is 470 g/mol. The maximum Gasteiger partial charge on any atom is 0.229 e. The van der Waals surface area contributed by atoms with Crippen LogP contribution in [-0.4, -0.2) is 18.9 Å². The van der Waals surface area contributed by atoms with Crippen LogP contribution >= 0.6 is 11.6 Å².